The molecule has 2 aliphatic rings. The second kappa shape index (κ2) is 10.2. The lowest BCUT2D eigenvalue weighted by molar-refractivity contribution is -0.140. The number of methoxy groups -OCH3 is 1. The van der Waals surface area contributed by atoms with Gasteiger partial charge in [0, 0.05) is 51.3 Å². The number of thiophene rings is 1. The Morgan fingerprint density at radius 3 is 2.85 bits per heavy atom. The summed E-state index contributed by atoms with van der Waals surface area (Å²) in [6, 6.07) is 3.76. The summed E-state index contributed by atoms with van der Waals surface area (Å²) >= 11 is 1.70. The Morgan fingerprint density at radius 1 is 1.33 bits per heavy atom. The van der Waals surface area contributed by atoms with Gasteiger partial charge in [-0.1, -0.05) is 6.07 Å². The molecule has 0 spiro atoms. The number of piperidine rings is 1. The van der Waals surface area contributed by atoms with Crippen molar-refractivity contribution < 1.29 is 14.3 Å². The quantitative estimate of drug-likeness (QED) is 0.687. The van der Waals surface area contributed by atoms with E-state index in [-0.39, 0.29) is 24.3 Å². The fourth-order valence-corrected chi connectivity index (χ4v) is 4.79. The summed E-state index contributed by atoms with van der Waals surface area (Å²) in [5, 5.41) is 4.98. The van der Waals surface area contributed by atoms with E-state index < -0.39 is 0 Å². The van der Waals surface area contributed by atoms with Crippen molar-refractivity contribution in [3.05, 3.63) is 22.4 Å². The topological polar surface area (TPSA) is 61.9 Å². The third-order valence-electron chi connectivity index (χ3n) is 5.68. The Hall–Kier alpha value is -1.44. The van der Waals surface area contributed by atoms with Crippen LogP contribution < -0.4 is 5.32 Å². The van der Waals surface area contributed by atoms with Gasteiger partial charge < -0.3 is 15.0 Å². The van der Waals surface area contributed by atoms with Gasteiger partial charge in [0.2, 0.25) is 11.8 Å². The van der Waals surface area contributed by atoms with Crippen LogP contribution in [0.15, 0.2) is 17.5 Å². The van der Waals surface area contributed by atoms with Crippen molar-refractivity contribution in [1.82, 2.24) is 15.1 Å². The summed E-state index contributed by atoms with van der Waals surface area (Å²) in [6.07, 6.45) is 4.67. The van der Waals surface area contributed by atoms with Crippen molar-refractivity contribution in [2.24, 2.45) is 5.92 Å². The molecule has 1 aromatic heterocycles. The molecule has 150 valence electrons. The number of amides is 2. The second-order valence-electron chi connectivity index (χ2n) is 7.52. The predicted octanol–water partition coefficient (Wildman–Crippen LogP) is 2.10. The highest BCUT2D eigenvalue weighted by Crippen LogP contribution is 2.24. The van der Waals surface area contributed by atoms with Crippen LogP contribution >= 0.6 is 11.3 Å². The Labute approximate surface area is 165 Å². The highest BCUT2D eigenvalue weighted by Gasteiger charge is 2.33. The molecule has 1 aromatic rings. The third kappa shape index (κ3) is 5.77. The van der Waals surface area contributed by atoms with Gasteiger partial charge in [-0.2, -0.15) is 0 Å². The fraction of sp³-hybridized carbons (Fsp3) is 0.700. The molecule has 1 atom stereocenters. The summed E-state index contributed by atoms with van der Waals surface area (Å²) in [7, 11) is 1.74. The van der Waals surface area contributed by atoms with Crippen molar-refractivity contribution in [3.8, 4) is 0 Å². The van der Waals surface area contributed by atoms with Gasteiger partial charge in [0.05, 0.1) is 12.5 Å². The number of rotatable bonds is 8. The SMILES string of the molecule is COCCCC1CCN(C(=O)C[C@H]2C(=O)NCCN2Cc2cccs2)CC1. The number of carbonyl (C=O) groups excluding carboxylic acids is 2. The molecule has 2 fully saturated rings. The summed E-state index contributed by atoms with van der Waals surface area (Å²) in [4.78, 5) is 30.6. The van der Waals surface area contributed by atoms with Crippen LogP contribution in [0.3, 0.4) is 0 Å². The zero-order valence-electron chi connectivity index (χ0n) is 16.2. The van der Waals surface area contributed by atoms with Crippen molar-refractivity contribution in [3.63, 3.8) is 0 Å². The van der Waals surface area contributed by atoms with Crippen molar-refractivity contribution in [1.29, 1.82) is 0 Å². The lowest BCUT2D eigenvalue weighted by Crippen LogP contribution is -2.56. The van der Waals surface area contributed by atoms with Gasteiger partial charge >= 0.3 is 0 Å². The largest absolute Gasteiger partial charge is 0.385 e. The molecule has 7 heteroatoms. The van der Waals surface area contributed by atoms with Crippen molar-refractivity contribution in [2.45, 2.75) is 44.7 Å². The highest BCUT2D eigenvalue weighted by molar-refractivity contribution is 7.09. The fourth-order valence-electron chi connectivity index (χ4n) is 4.06. The molecule has 0 aliphatic carbocycles. The smallest absolute Gasteiger partial charge is 0.237 e. The van der Waals surface area contributed by atoms with Gasteiger partial charge in [-0.25, -0.2) is 0 Å². The van der Waals surface area contributed by atoms with Crippen LogP contribution in [0, 0.1) is 5.92 Å². The lowest BCUT2D eigenvalue weighted by Gasteiger charge is -2.37. The molecule has 2 amide bonds. The molecule has 0 radical (unpaired) electrons. The molecule has 0 saturated carbocycles. The molecule has 3 heterocycles. The Kier molecular flexibility index (Phi) is 7.67. The number of nitrogens with zero attached hydrogens (tertiary/aromatic N) is 2. The van der Waals surface area contributed by atoms with Gasteiger partial charge in [0.15, 0.2) is 0 Å². The van der Waals surface area contributed by atoms with Gasteiger partial charge in [0.25, 0.3) is 0 Å². The van der Waals surface area contributed by atoms with Gasteiger partial charge in [-0.3, -0.25) is 14.5 Å². The van der Waals surface area contributed by atoms with Crippen molar-refractivity contribution in [2.75, 3.05) is 39.9 Å². The van der Waals surface area contributed by atoms with Crippen LogP contribution in [0.5, 0.6) is 0 Å². The monoisotopic (exact) mass is 393 g/mol. The first-order chi connectivity index (χ1) is 13.2. The van der Waals surface area contributed by atoms with E-state index in [2.05, 4.69) is 21.7 Å². The Morgan fingerprint density at radius 2 is 2.15 bits per heavy atom. The molecular formula is C20H31N3O3S. The minimum atomic E-state index is -0.354. The number of likely N-dealkylation sites (tertiary alicyclic amines) is 1. The summed E-state index contributed by atoms with van der Waals surface area (Å²) in [5.41, 5.74) is 0. The average Bonchev–Trinajstić information content (AvgIpc) is 3.18. The maximum atomic E-state index is 12.8. The summed E-state index contributed by atoms with van der Waals surface area (Å²) in [6.45, 7) is 4.64. The van der Waals surface area contributed by atoms with Gasteiger partial charge in [-0.05, 0) is 43.0 Å². The highest BCUT2D eigenvalue weighted by atomic mass is 32.1. The van der Waals surface area contributed by atoms with E-state index in [9.17, 15) is 9.59 Å². The zero-order chi connectivity index (χ0) is 19.1. The van der Waals surface area contributed by atoms with Gasteiger partial charge in [-0.15, -0.1) is 11.3 Å². The molecule has 0 bridgehead atoms. The first-order valence-electron chi connectivity index (χ1n) is 9.98. The number of hydrogen-bond acceptors (Lipinski definition) is 5. The minimum absolute atomic E-state index is 0.0133. The van der Waals surface area contributed by atoms with E-state index >= 15 is 0 Å². The van der Waals surface area contributed by atoms with E-state index in [1.54, 1.807) is 18.4 Å². The Bertz CT molecular complexity index is 600. The third-order valence-corrected chi connectivity index (χ3v) is 6.54. The maximum Gasteiger partial charge on any atom is 0.237 e. The zero-order valence-corrected chi connectivity index (χ0v) is 17.0. The molecule has 27 heavy (non-hydrogen) atoms. The molecule has 1 N–H and O–H groups in total. The first kappa shape index (κ1) is 20.3. The number of ether oxygens (including phenoxy) is 1. The van der Waals surface area contributed by atoms with E-state index in [0.29, 0.717) is 12.5 Å². The number of hydrogen-bond donors (Lipinski definition) is 1. The molecular weight excluding hydrogens is 362 g/mol. The van der Waals surface area contributed by atoms with Crippen LogP contribution in [0.1, 0.15) is 37.0 Å². The summed E-state index contributed by atoms with van der Waals surface area (Å²) < 4.78 is 5.13. The van der Waals surface area contributed by atoms with E-state index in [0.717, 1.165) is 52.0 Å². The summed E-state index contributed by atoms with van der Waals surface area (Å²) in [5.74, 6) is 0.793. The molecule has 3 rings (SSSR count). The molecule has 2 saturated heterocycles. The molecule has 2 aliphatic heterocycles. The van der Waals surface area contributed by atoms with Crippen LogP contribution in [0.2, 0.25) is 0 Å². The lowest BCUT2D eigenvalue weighted by atomic mass is 9.92. The molecule has 0 aromatic carbocycles. The number of carbonyl (C=O) groups is 2. The standard InChI is InChI=1S/C20H31N3O3S/c1-26-12-2-4-16-6-9-22(10-7-16)19(24)14-18-20(25)21-8-11-23(18)15-17-5-3-13-27-17/h3,5,13,16,18H,2,4,6-12,14-15H2,1H3,(H,21,25)/t18-/m0/s1. The Balaban J connectivity index is 1.50. The molecule has 0 unspecified atom stereocenters. The van der Waals surface area contributed by atoms with E-state index in [1.807, 2.05) is 11.0 Å². The second-order valence-corrected chi connectivity index (χ2v) is 8.55. The van der Waals surface area contributed by atoms with Crippen molar-refractivity contribution >= 4 is 23.2 Å². The average molecular weight is 394 g/mol. The van der Waals surface area contributed by atoms with Gasteiger partial charge in [0.1, 0.15) is 0 Å². The van der Waals surface area contributed by atoms with Crippen LogP contribution in [-0.4, -0.2) is 67.6 Å². The number of nitrogens with one attached hydrogen (secondary N) is 1. The predicted molar refractivity (Wildman–Crippen MR) is 107 cm³/mol. The van der Waals surface area contributed by atoms with Crippen LogP contribution in [-0.2, 0) is 20.9 Å². The van der Waals surface area contributed by atoms with Crippen LogP contribution in [0.25, 0.3) is 0 Å². The maximum absolute atomic E-state index is 12.8. The normalized spacial score (nSPS) is 22.0. The minimum Gasteiger partial charge on any atom is -0.385 e. The van der Waals surface area contributed by atoms with E-state index in [1.165, 1.54) is 11.3 Å². The van der Waals surface area contributed by atoms with E-state index in [4.69, 9.17) is 4.74 Å². The number of piperazine rings is 1. The van der Waals surface area contributed by atoms with Crippen LogP contribution in [0.4, 0.5) is 0 Å². The molecule has 6 nitrogen and oxygen atoms in total. The first-order valence-corrected chi connectivity index (χ1v) is 10.9.